The minimum absolute atomic E-state index is 0. The Bertz CT molecular complexity index is 1020. The summed E-state index contributed by atoms with van der Waals surface area (Å²) in [5, 5.41) is 7.04. The van der Waals surface area contributed by atoms with Crippen LogP contribution in [0.15, 0.2) is 59.1 Å². The summed E-state index contributed by atoms with van der Waals surface area (Å²) >= 11 is 0. The highest BCUT2D eigenvalue weighted by Crippen LogP contribution is 2.28. The summed E-state index contributed by atoms with van der Waals surface area (Å²) in [5.41, 5.74) is 3.67. The molecule has 0 saturated carbocycles. The summed E-state index contributed by atoms with van der Waals surface area (Å²) in [4.78, 5) is 12.9. The lowest BCUT2D eigenvalue weighted by Crippen LogP contribution is -3.00. The van der Waals surface area contributed by atoms with E-state index < -0.39 is 0 Å². The fourth-order valence-corrected chi connectivity index (χ4v) is 3.57. The van der Waals surface area contributed by atoms with Gasteiger partial charge in [-0.05, 0) is 38.8 Å². The van der Waals surface area contributed by atoms with Crippen molar-refractivity contribution in [1.82, 2.24) is 9.64 Å². The number of anilines is 1. The number of carbonyl (C=O) groups excluding carboxylic acids is 1. The molecule has 1 N–H and O–H groups in total. The Morgan fingerprint density at radius 3 is 2.30 bits per heavy atom. The molecule has 5 nitrogen and oxygen atoms in total. The number of hydrogen-bond acceptors (Lipinski definition) is 3. The second kappa shape index (κ2) is 10.2. The zero-order valence-electron chi connectivity index (χ0n) is 17.5. The fourth-order valence-electron chi connectivity index (χ4n) is 3.57. The van der Waals surface area contributed by atoms with Gasteiger partial charge in [0.15, 0.2) is 0 Å². The third-order valence-corrected chi connectivity index (χ3v) is 5.41. The number of benzene rings is 2. The van der Waals surface area contributed by atoms with Crippen LogP contribution in [0.5, 0.6) is 0 Å². The van der Waals surface area contributed by atoms with Gasteiger partial charge in [0.2, 0.25) is 0 Å². The molecular weight excluding hydrogens is 442 g/mol. The number of aromatic nitrogens is 1. The van der Waals surface area contributed by atoms with E-state index in [9.17, 15) is 4.79 Å². The van der Waals surface area contributed by atoms with E-state index in [4.69, 9.17) is 10.9 Å². The molecule has 0 aliphatic rings. The van der Waals surface area contributed by atoms with Crippen LogP contribution in [0.25, 0.3) is 11.3 Å². The Morgan fingerprint density at radius 2 is 1.73 bits per heavy atom. The van der Waals surface area contributed by atoms with E-state index >= 15 is 0 Å². The molecule has 2 aromatic carbocycles. The van der Waals surface area contributed by atoms with E-state index in [-0.39, 0.29) is 22.9 Å². The second-order valence-electron chi connectivity index (χ2n) is 6.97. The Labute approximate surface area is 188 Å². The Morgan fingerprint density at radius 1 is 1.10 bits per heavy atom. The minimum Gasteiger partial charge on any atom is -1.00 e. The predicted octanol–water partition coefficient (Wildman–Crippen LogP) is 1.89. The van der Waals surface area contributed by atoms with Crippen LogP contribution in [0.1, 0.15) is 30.0 Å². The van der Waals surface area contributed by atoms with E-state index in [1.54, 1.807) is 6.92 Å². The number of terminal acetylenes is 1. The number of hydrogen-bond donors (Lipinski definition) is 1. The van der Waals surface area contributed by atoms with E-state index in [0.717, 1.165) is 24.3 Å². The number of carbonyl (C=O) groups is 1. The summed E-state index contributed by atoms with van der Waals surface area (Å²) in [6.07, 6.45) is 5.59. The average Bonchev–Trinajstić information content (AvgIpc) is 3.15. The summed E-state index contributed by atoms with van der Waals surface area (Å²) in [6.45, 7) is 8.47. The van der Waals surface area contributed by atoms with Gasteiger partial charge >= 0.3 is 0 Å². The largest absolute Gasteiger partial charge is 1.00 e. The number of quaternary nitrogens is 1. The van der Waals surface area contributed by atoms with E-state index in [1.165, 1.54) is 0 Å². The molecule has 1 aromatic heterocycles. The molecule has 0 aliphatic heterocycles. The Kier molecular flexibility index (Phi) is 7.99. The topological polar surface area (TPSA) is 55.1 Å². The zero-order valence-corrected chi connectivity index (χ0v) is 19.1. The number of nitrogens with one attached hydrogen (secondary N) is 1. The van der Waals surface area contributed by atoms with Crippen LogP contribution >= 0.6 is 0 Å². The van der Waals surface area contributed by atoms with Crippen molar-refractivity contribution in [3.8, 4) is 23.6 Å². The van der Waals surface area contributed by atoms with Gasteiger partial charge in [-0.25, -0.2) is 0 Å². The summed E-state index contributed by atoms with van der Waals surface area (Å²) in [5.74, 6) is 3.03. The molecule has 0 atom stereocenters. The van der Waals surface area contributed by atoms with Crippen LogP contribution in [-0.2, 0) is 0 Å². The van der Waals surface area contributed by atoms with Gasteiger partial charge < -0.3 is 26.8 Å². The maximum Gasteiger partial charge on any atom is 0.261 e. The molecule has 0 fully saturated rings. The van der Waals surface area contributed by atoms with Gasteiger partial charge in [-0.2, -0.15) is 0 Å². The lowest BCUT2D eigenvalue weighted by Gasteiger charge is -2.34. The van der Waals surface area contributed by atoms with Gasteiger partial charge in [-0.1, -0.05) is 35.5 Å². The highest BCUT2D eigenvalue weighted by Gasteiger charge is 2.26. The quantitative estimate of drug-likeness (QED) is 0.426. The molecule has 0 spiro atoms. The molecule has 3 aromatic rings. The van der Waals surface area contributed by atoms with Gasteiger partial charge in [-0.3, -0.25) is 9.28 Å². The molecule has 0 bridgehead atoms. The molecular formula is C24H26BrN3O2. The van der Waals surface area contributed by atoms with Crippen LogP contribution in [0.2, 0.25) is 0 Å². The third-order valence-electron chi connectivity index (χ3n) is 5.41. The molecule has 156 valence electrons. The highest BCUT2D eigenvalue weighted by molar-refractivity contribution is 6.08. The monoisotopic (exact) mass is 467 g/mol. The number of nitrogens with zero attached hydrogens (tertiary/aromatic N) is 2. The molecule has 6 heteroatoms. The highest BCUT2D eigenvalue weighted by atomic mass is 79.9. The van der Waals surface area contributed by atoms with Crippen molar-refractivity contribution >= 4 is 17.3 Å². The van der Waals surface area contributed by atoms with Gasteiger partial charge in [-0.15, -0.1) is 6.42 Å². The van der Waals surface area contributed by atoms with Gasteiger partial charge in [0, 0.05) is 23.4 Å². The predicted molar refractivity (Wildman–Crippen MR) is 118 cm³/mol. The summed E-state index contributed by atoms with van der Waals surface area (Å²) in [7, 11) is 0. The number of amides is 1. The Balaban J connectivity index is 0.00000320. The number of rotatable bonds is 7. The molecule has 3 rings (SSSR count). The lowest BCUT2D eigenvalue weighted by molar-refractivity contribution is -0.0000143. The van der Waals surface area contributed by atoms with Crippen molar-refractivity contribution in [2.75, 3.05) is 25.0 Å². The molecule has 1 heterocycles. The molecule has 1 amide bonds. The maximum atomic E-state index is 12.9. The SMILES string of the molecule is C#CC[N+](CC)(CC)c1ccc(NC(=O)c2c(-c3ccccc3)noc2C)cc1.[Br-]. The molecule has 30 heavy (non-hydrogen) atoms. The normalized spacial score (nSPS) is 10.7. The molecule has 0 saturated heterocycles. The third kappa shape index (κ3) is 4.64. The molecule has 0 unspecified atom stereocenters. The first kappa shape index (κ1) is 23.4. The van der Waals surface area contributed by atoms with Crippen molar-refractivity contribution in [2.24, 2.45) is 0 Å². The lowest BCUT2D eigenvalue weighted by atomic mass is 10.1. The van der Waals surface area contributed by atoms with Gasteiger partial charge in [0.05, 0.1) is 13.1 Å². The van der Waals surface area contributed by atoms with E-state index in [1.807, 2.05) is 54.6 Å². The summed E-state index contributed by atoms with van der Waals surface area (Å²) in [6, 6.07) is 17.4. The Hall–Kier alpha value is -2.88. The first-order valence-electron chi connectivity index (χ1n) is 9.78. The standard InChI is InChI=1S/C24H25N3O2.BrH/c1-5-17-27(6-2,7-3)21-15-13-20(14-16-21)25-24(28)22-18(4)29-26-23(22)19-11-9-8-10-12-19;/h1,8-16H,6-7,17H2,2-4H3;1H. The summed E-state index contributed by atoms with van der Waals surface area (Å²) < 4.78 is 6.01. The van der Waals surface area contributed by atoms with E-state index in [0.29, 0.717) is 33.7 Å². The van der Waals surface area contributed by atoms with Gasteiger partial charge in [0.1, 0.15) is 29.2 Å². The van der Waals surface area contributed by atoms with Gasteiger partial charge in [0.25, 0.3) is 5.91 Å². The van der Waals surface area contributed by atoms with Crippen LogP contribution in [0, 0.1) is 19.3 Å². The smallest absolute Gasteiger partial charge is 0.261 e. The number of aryl methyl sites for hydroxylation is 1. The zero-order chi connectivity index (χ0) is 20.9. The maximum absolute atomic E-state index is 12.9. The first-order chi connectivity index (χ1) is 14.0. The van der Waals surface area contributed by atoms with Crippen molar-refractivity contribution in [3.63, 3.8) is 0 Å². The van der Waals surface area contributed by atoms with Crippen LogP contribution in [-0.4, -0.2) is 30.7 Å². The fraction of sp³-hybridized carbons (Fsp3) is 0.250. The minimum atomic E-state index is -0.245. The number of halogens is 1. The van der Waals surface area contributed by atoms with Crippen LogP contribution < -0.4 is 26.8 Å². The first-order valence-corrected chi connectivity index (χ1v) is 9.78. The molecule has 0 aliphatic carbocycles. The second-order valence-corrected chi connectivity index (χ2v) is 6.97. The average molecular weight is 468 g/mol. The van der Waals surface area contributed by atoms with Crippen molar-refractivity contribution < 1.29 is 26.3 Å². The van der Waals surface area contributed by atoms with Crippen LogP contribution in [0.3, 0.4) is 0 Å². The van der Waals surface area contributed by atoms with Crippen molar-refractivity contribution in [2.45, 2.75) is 20.8 Å². The van der Waals surface area contributed by atoms with Crippen molar-refractivity contribution in [3.05, 3.63) is 65.9 Å². The molecule has 0 radical (unpaired) electrons. The van der Waals surface area contributed by atoms with Crippen LogP contribution in [0.4, 0.5) is 11.4 Å². The van der Waals surface area contributed by atoms with E-state index in [2.05, 4.69) is 30.2 Å². The van der Waals surface area contributed by atoms with Crippen molar-refractivity contribution in [1.29, 1.82) is 0 Å².